The summed E-state index contributed by atoms with van der Waals surface area (Å²) < 4.78 is 23.4. The van der Waals surface area contributed by atoms with E-state index in [1.54, 1.807) is 0 Å². The molecule has 4 unspecified atom stereocenters. The number of quaternary nitrogens is 1. The van der Waals surface area contributed by atoms with Crippen molar-refractivity contribution in [1.82, 2.24) is 0 Å². The number of likely N-dealkylation sites (N-methyl/N-ethyl adjacent to an activating group) is 1. The first-order valence-electron chi connectivity index (χ1n) is 14.7. The number of nitrogens with zero attached hydrogens (tertiary/aromatic N) is 1. The molecular formula is C28H61N2O5P. The first-order chi connectivity index (χ1) is 16.8. The van der Waals surface area contributed by atoms with Gasteiger partial charge in [0.2, 0.25) is 0 Å². The van der Waals surface area contributed by atoms with E-state index >= 15 is 0 Å². The van der Waals surface area contributed by atoms with E-state index in [2.05, 4.69) is 6.92 Å². The Labute approximate surface area is 223 Å². The molecule has 36 heavy (non-hydrogen) atoms. The molecule has 218 valence electrons. The molecule has 0 saturated heterocycles. The second-order valence-electron chi connectivity index (χ2n) is 12.0. The highest BCUT2D eigenvalue weighted by Gasteiger charge is 2.41. The Hall–Kier alpha value is -0.0100. The second-order valence-corrected chi connectivity index (χ2v) is 13.1. The lowest BCUT2D eigenvalue weighted by molar-refractivity contribution is -0.877. The SMILES string of the molecule is CCCCCCCCCCCCCCCC(N)CCC(CC(C)OCC)(C[N+](C)(C)C)OP(=O)([O-])O. The van der Waals surface area contributed by atoms with E-state index in [0.717, 1.165) is 12.8 Å². The van der Waals surface area contributed by atoms with E-state index in [9.17, 15) is 14.4 Å². The molecule has 0 aliphatic carbocycles. The predicted octanol–water partition coefficient (Wildman–Crippen LogP) is 6.31. The van der Waals surface area contributed by atoms with Gasteiger partial charge in [-0.05, 0) is 33.1 Å². The molecule has 7 nitrogen and oxygen atoms in total. The zero-order chi connectivity index (χ0) is 27.5. The maximum absolute atomic E-state index is 11.8. The third kappa shape index (κ3) is 22.0. The van der Waals surface area contributed by atoms with E-state index in [4.69, 9.17) is 15.0 Å². The number of unbranched alkanes of at least 4 members (excludes halogenated alkanes) is 12. The van der Waals surface area contributed by atoms with Crippen LogP contribution in [0.25, 0.3) is 0 Å². The summed E-state index contributed by atoms with van der Waals surface area (Å²) in [7, 11) is 1.05. The molecule has 0 amide bonds. The molecule has 0 aliphatic heterocycles. The average Bonchev–Trinajstić information content (AvgIpc) is 2.73. The Morgan fingerprint density at radius 3 is 1.78 bits per heavy atom. The Morgan fingerprint density at radius 1 is 0.889 bits per heavy atom. The van der Waals surface area contributed by atoms with Crippen LogP contribution in [0.2, 0.25) is 0 Å². The quantitative estimate of drug-likeness (QED) is 0.0804. The minimum atomic E-state index is -4.92. The van der Waals surface area contributed by atoms with Crippen molar-refractivity contribution >= 4 is 7.82 Å². The first-order valence-corrected chi connectivity index (χ1v) is 16.2. The largest absolute Gasteiger partial charge is 0.756 e. The molecule has 0 aromatic carbocycles. The minimum Gasteiger partial charge on any atom is -0.756 e. The van der Waals surface area contributed by atoms with Gasteiger partial charge in [-0.1, -0.05) is 90.4 Å². The first kappa shape index (κ1) is 36.0. The summed E-state index contributed by atoms with van der Waals surface area (Å²) in [5.74, 6) is 0. The van der Waals surface area contributed by atoms with Gasteiger partial charge < -0.3 is 29.3 Å². The van der Waals surface area contributed by atoms with Gasteiger partial charge in [0, 0.05) is 19.1 Å². The molecule has 0 fully saturated rings. The van der Waals surface area contributed by atoms with Gasteiger partial charge in [0.15, 0.2) is 0 Å². The molecule has 0 heterocycles. The van der Waals surface area contributed by atoms with Crippen LogP contribution in [0.4, 0.5) is 0 Å². The summed E-state index contributed by atoms with van der Waals surface area (Å²) in [5, 5.41) is 0. The molecule has 0 rings (SSSR count). The van der Waals surface area contributed by atoms with E-state index < -0.39 is 13.4 Å². The average molecular weight is 537 g/mol. The van der Waals surface area contributed by atoms with Gasteiger partial charge in [-0.25, -0.2) is 0 Å². The summed E-state index contributed by atoms with van der Waals surface area (Å²) in [4.78, 5) is 21.4. The number of ether oxygens (including phenoxy) is 1. The third-order valence-electron chi connectivity index (χ3n) is 6.83. The monoisotopic (exact) mass is 536 g/mol. The Morgan fingerprint density at radius 2 is 1.36 bits per heavy atom. The van der Waals surface area contributed by atoms with Crippen LogP contribution in [-0.4, -0.2) is 61.4 Å². The zero-order valence-corrected chi connectivity index (χ0v) is 25.5. The molecule has 4 atom stereocenters. The van der Waals surface area contributed by atoms with Crippen molar-refractivity contribution in [2.24, 2.45) is 5.73 Å². The highest BCUT2D eigenvalue weighted by molar-refractivity contribution is 7.44. The smallest absolute Gasteiger partial charge is 0.266 e. The van der Waals surface area contributed by atoms with E-state index in [1.807, 2.05) is 35.0 Å². The molecule has 0 saturated carbocycles. The molecule has 0 aliphatic rings. The topological polar surface area (TPSA) is 105 Å². The summed E-state index contributed by atoms with van der Waals surface area (Å²) in [6.45, 7) is 7.06. The maximum Gasteiger partial charge on any atom is 0.266 e. The predicted molar refractivity (Wildman–Crippen MR) is 150 cm³/mol. The minimum absolute atomic E-state index is 0.0136. The van der Waals surface area contributed by atoms with E-state index in [1.165, 1.54) is 77.0 Å². The zero-order valence-electron chi connectivity index (χ0n) is 24.6. The van der Waals surface area contributed by atoms with Crippen LogP contribution in [0, 0.1) is 0 Å². The van der Waals surface area contributed by atoms with Gasteiger partial charge in [0.05, 0.1) is 27.2 Å². The van der Waals surface area contributed by atoms with Crippen LogP contribution in [0.1, 0.15) is 130 Å². The third-order valence-corrected chi connectivity index (χ3v) is 7.45. The number of phosphoric acid groups is 1. The summed E-state index contributed by atoms with van der Waals surface area (Å²) in [5.41, 5.74) is 5.39. The van der Waals surface area contributed by atoms with Crippen LogP contribution < -0.4 is 10.6 Å². The molecule has 8 heteroatoms. The Kier molecular flexibility index (Phi) is 20.0. The fraction of sp³-hybridized carbons (Fsp3) is 1.00. The number of phosphoric ester groups is 1. The molecule has 0 spiro atoms. The van der Waals surface area contributed by atoms with Crippen LogP contribution in [0.3, 0.4) is 0 Å². The van der Waals surface area contributed by atoms with Gasteiger partial charge in [-0.2, -0.15) is 0 Å². The fourth-order valence-electron chi connectivity index (χ4n) is 5.35. The summed E-state index contributed by atoms with van der Waals surface area (Å²) >= 11 is 0. The van der Waals surface area contributed by atoms with E-state index in [-0.39, 0.29) is 12.1 Å². The summed E-state index contributed by atoms with van der Waals surface area (Å²) in [6.07, 6.45) is 19.4. The van der Waals surface area contributed by atoms with Crippen molar-refractivity contribution in [2.75, 3.05) is 34.3 Å². The van der Waals surface area contributed by atoms with Crippen molar-refractivity contribution in [3.8, 4) is 0 Å². The highest BCUT2D eigenvalue weighted by Crippen LogP contribution is 2.43. The standard InChI is InChI=1S/C28H61N2O5P/c1-7-9-10-11-12-13-14-15-16-17-18-19-20-21-27(29)22-23-28(25-30(4,5)6,35-36(31,32)33)24-26(3)34-8-2/h26-27H,7-25,29H2,1-6H3,(H-,31,32,33). The van der Waals surface area contributed by atoms with Gasteiger partial charge >= 0.3 is 0 Å². The highest BCUT2D eigenvalue weighted by atomic mass is 31.2. The van der Waals surface area contributed by atoms with Crippen LogP contribution in [-0.2, 0) is 13.8 Å². The van der Waals surface area contributed by atoms with Gasteiger partial charge in [-0.3, -0.25) is 4.57 Å². The number of hydrogen-bond donors (Lipinski definition) is 2. The Balaban J connectivity index is 4.41. The molecule has 3 N–H and O–H groups in total. The van der Waals surface area contributed by atoms with Gasteiger partial charge in [-0.15, -0.1) is 0 Å². The van der Waals surface area contributed by atoms with Crippen LogP contribution >= 0.6 is 7.82 Å². The van der Waals surface area contributed by atoms with Crippen molar-refractivity contribution in [3.63, 3.8) is 0 Å². The number of rotatable bonds is 25. The van der Waals surface area contributed by atoms with Gasteiger partial charge in [0.25, 0.3) is 7.82 Å². The van der Waals surface area contributed by atoms with Crippen molar-refractivity contribution in [2.45, 2.75) is 148 Å². The molecule has 0 bridgehead atoms. The fourth-order valence-corrected chi connectivity index (χ4v) is 6.06. The Bertz CT molecular complexity index is 567. The summed E-state index contributed by atoms with van der Waals surface area (Å²) in [6, 6.07) is -0.0136. The van der Waals surface area contributed by atoms with Crippen LogP contribution in [0.15, 0.2) is 0 Å². The lowest BCUT2D eigenvalue weighted by atomic mass is 9.87. The van der Waals surface area contributed by atoms with Gasteiger partial charge in [0.1, 0.15) is 12.1 Å². The maximum atomic E-state index is 11.8. The molecule has 0 radical (unpaired) electrons. The molecular weight excluding hydrogens is 475 g/mol. The second kappa shape index (κ2) is 20.0. The lowest BCUT2D eigenvalue weighted by Gasteiger charge is -2.42. The van der Waals surface area contributed by atoms with Crippen molar-refractivity contribution < 1.29 is 28.1 Å². The normalized spacial score (nSPS) is 17.5. The number of nitrogens with two attached hydrogens (primary N) is 1. The molecule has 0 aromatic rings. The van der Waals surface area contributed by atoms with Crippen LogP contribution in [0.5, 0.6) is 0 Å². The lowest BCUT2D eigenvalue weighted by Crippen LogP contribution is -2.52. The van der Waals surface area contributed by atoms with E-state index in [0.29, 0.717) is 36.9 Å². The molecule has 0 aromatic heterocycles. The van der Waals surface area contributed by atoms with Crippen molar-refractivity contribution in [1.29, 1.82) is 0 Å². The number of hydrogen-bond acceptors (Lipinski definition) is 5. The van der Waals surface area contributed by atoms with Crippen molar-refractivity contribution in [3.05, 3.63) is 0 Å².